The summed E-state index contributed by atoms with van der Waals surface area (Å²) in [5.74, 6) is 0.600. The zero-order chi connectivity index (χ0) is 13.5. The first-order chi connectivity index (χ1) is 9.29. The maximum absolute atomic E-state index is 12.0. The van der Waals surface area contributed by atoms with E-state index in [4.69, 9.17) is 10.00 Å². The van der Waals surface area contributed by atoms with Crippen molar-refractivity contribution in [1.29, 1.82) is 5.26 Å². The molecular weight excluding hydrogens is 240 g/mol. The minimum atomic E-state index is -0.314. The van der Waals surface area contributed by atoms with Crippen molar-refractivity contribution in [3.63, 3.8) is 0 Å². The highest BCUT2D eigenvalue weighted by Crippen LogP contribution is 2.29. The number of ether oxygens (including phenoxy) is 1. The number of hydrogen-bond acceptors (Lipinski definition) is 3. The van der Waals surface area contributed by atoms with Gasteiger partial charge in [0.2, 0.25) is 0 Å². The molecular formula is C15H18N2O2. The SMILES string of the molecule is N#CCCN(CC1CC1)C(=O)OCc1ccccc1. The number of amides is 1. The first kappa shape index (κ1) is 13.4. The minimum absolute atomic E-state index is 0.285. The lowest BCUT2D eigenvalue weighted by Crippen LogP contribution is -2.34. The van der Waals surface area contributed by atoms with E-state index in [1.54, 1.807) is 4.90 Å². The van der Waals surface area contributed by atoms with Gasteiger partial charge in [-0.1, -0.05) is 30.3 Å². The summed E-state index contributed by atoms with van der Waals surface area (Å²) in [6.45, 7) is 1.46. The topological polar surface area (TPSA) is 53.3 Å². The summed E-state index contributed by atoms with van der Waals surface area (Å²) in [7, 11) is 0. The van der Waals surface area contributed by atoms with Crippen molar-refractivity contribution in [1.82, 2.24) is 4.90 Å². The van der Waals surface area contributed by atoms with Crippen LogP contribution in [0, 0.1) is 17.2 Å². The standard InChI is InChI=1S/C15H18N2O2/c16-9-4-10-17(11-13-7-8-13)15(18)19-12-14-5-2-1-3-6-14/h1-3,5-6,13H,4,7-8,10-12H2. The van der Waals surface area contributed by atoms with Gasteiger partial charge in [0.1, 0.15) is 6.61 Å². The second-order valence-electron chi connectivity index (χ2n) is 4.84. The van der Waals surface area contributed by atoms with Gasteiger partial charge in [-0.15, -0.1) is 0 Å². The van der Waals surface area contributed by atoms with E-state index >= 15 is 0 Å². The summed E-state index contributed by atoms with van der Waals surface area (Å²) in [4.78, 5) is 13.6. The Hall–Kier alpha value is -2.02. The Kier molecular flexibility index (Phi) is 4.79. The van der Waals surface area contributed by atoms with Crippen molar-refractivity contribution in [2.24, 2.45) is 5.92 Å². The Morgan fingerprint density at radius 2 is 2.11 bits per heavy atom. The Morgan fingerprint density at radius 3 is 2.74 bits per heavy atom. The minimum Gasteiger partial charge on any atom is -0.445 e. The molecule has 0 radical (unpaired) electrons. The van der Waals surface area contributed by atoms with Crippen LogP contribution in [0.4, 0.5) is 4.79 Å². The van der Waals surface area contributed by atoms with Gasteiger partial charge in [-0.3, -0.25) is 0 Å². The molecule has 0 aromatic heterocycles. The van der Waals surface area contributed by atoms with E-state index in [9.17, 15) is 4.79 Å². The van der Waals surface area contributed by atoms with Gasteiger partial charge >= 0.3 is 6.09 Å². The van der Waals surface area contributed by atoms with Crippen molar-refractivity contribution >= 4 is 6.09 Å². The molecule has 19 heavy (non-hydrogen) atoms. The molecule has 0 heterocycles. The van der Waals surface area contributed by atoms with Crippen LogP contribution in [-0.4, -0.2) is 24.1 Å². The fourth-order valence-electron chi connectivity index (χ4n) is 1.86. The second-order valence-corrected chi connectivity index (χ2v) is 4.84. The molecule has 1 aromatic rings. The average Bonchev–Trinajstić information content (AvgIpc) is 3.26. The molecule has 0 aliphatic heterocycles. The summed E-state index contributed by atoms with van der Waals surface area (Å²) in [6.07, 6.45) is 2.39. The molecule has 0 unspecified atom stereocenters. The Bertz CT molecular complexity index is 449. The molecule has 1 aliphatic rings. The number of nitrogens with zero attached hydrogens (tertiary/aromatic N) is 2. The van der Waals surface area contributed by atoms with E-state index in [0.717, 1.165) is 12.1 Å². The first-order valence-electron chi connectivity index (χ1n) is 6.62. The lowest BCUT2D eigenvalue weighted by atomic mass is 10.2. The molecule has 0 atom stereocenters. The van der Waals surface area contributed by atoms with Gasteiger partial charge in [-0.2, -0.15) is 5.26 Å². The van der Waals surface area contributed by atoms with Crippen molar-refractivity contribution in [3.8, 4) is 6.07 Å². The number of carbonyl (C=O) groups excluding carboxylic acids is 1. The number of benzene rings is 1. The number of rotatable bonds is 6. The average molecular weight is 258 g/mol. The van der Waals surface area contributed by atoms with Crippen LogP contribution in [0.1, 0.15) is 24.8 Å². The van der Waals surface area contributed by atoms with E-state index < -0.39 is 0 Å². The van der Waals surface area contributed by atoms with Gasteiger partial charge in [0.15, 0.2) is 0 Å². The zero-order valence-corrected chi connectivity index (χ0v) is 10.9. The number of nitriles is 1. The summed E-state index contributed by atoms with van der Waals surface area (Å²) < 4.78 is 5.29. The molecule has 0 N–H and O–H groups in total. The molecule has 100 valence electrons. The van der Waals surface area contributed by atoms with Crippen LogP contribution in [-0.2, 0) is 11.3 Å². The van der Waals surface area contributed by atoms with Gasteiger partial charge in [0.05, 0.1) is 12.5 Å². The normalized spacial score (nSPS) is 13.6. The maximum atomic E-state index is 12.0. The molecule has 0 spiro atoms. The van der Waals surface area contributed by atoms with Crippen LogP contribution in [0.15, 0.2) is 30.3 Å². The van der Waals surface area contributed by atoms with Crippen molar-refractivity contribution < 1.29 is 9.53 Å². The number of carbonyl (C=O) groups is 1. The van der Waals surface area contributed by atoms with Gasteiger partial charge in [-0.25, -0.2) is 4.79 Å². The summed E-state index contributed by atoms with van der Waals surface area (Å²) in [6, 6.07) is 11.7. The van der Waals surface area contributed by atoms with Crippen LogP contribution in [0.25, 0.3) is 0 Å². The Balaban J connectivity index is 1.82. The van der Waals surface area contributed by atoms with Crippen LogP contribution in [0.5, 0.6) is 0 Å². The molecule has 1 amide bonds. The molecule has 4 heteroatoms. The van der Waals surface area contributed by atoms with Gasteiger partial charge in [-0.05, 0) is 24.3 Å². The lowest BCUT2D eigenvalue weighted by molar-refractivity contribution is 0.0952. The fraction of sp³-hybridized carbons (Fsp3) is 0.467. The molecule has 1 saturated carbocycles. The monoisotopic (exact) mass is 258 g/mol. The third-order valence-electron chi connectivity index (χ3n) is 3.13. The van der Waals surface area contributed by atoms with E-state index in [2.05, 4.69) is 6.07 Å². The molecule has 1 aromatic carbocycles. The van der Waals surface area contributed by atoms with Crippen LogP contribution < -0.4 is 0 Å². The largest absolute Gasteiger partial charge is 0.445 e. The first-order valence-corrected chi connectivity index (χ1v) is 6.62. The van der Waals surface area contributed by atoms with Crippen LogP contribution >= 0.6 is 0 Å². The van der Waals surface area contributed by atoms with Crippen molar-refractivity contribution in [2.45, 2.75) is 25.9 Å². The highest BCUT2D eigenvalue weighted by molar-refractivity contribution is 5.67. The summed E-state index contributed by atoms with van der Waals surface area (Å²) in [5, 5.41) is 8.63. The molecule has 4 nitrogen and oxygen atoms in total. The lowest BCUT2D eigenvalue weighted by Gasteiger charge is -2.20. The predicted octanol–water partition coefficient (Wildman–Crippen LogP) is 2.95. The molecule has 0 saturated heterocycles. The smallest absolute Gasteiger partial charge is 0.410 e. The molecule has 0 bridgehead atoms. The van der Waals surface area contributed by atoms with Gasteiger partial charge in [0, 0.05) is 13.1 Å². The van der Waals surface area contributed by atoms with E-state index in [1.807, 2.05) is 30.3 Å². The van der Waals surface area contributed by atoms with Gasteiger partial charge < -0.3 is 9.64 Å². The Labute approximate surface area is 113 Å². The fourth-order valence-corrected chi connectivity index (χ4v) is 1.86. The Morgan fingerprint density at radius 1 is 1.37 bits per heavy atom. The quantitative estimate of drug-likeness (QED) is 0.788. The molecule has 1 fully saturated rings. The van der Waals surface area contributed by atoms with E-state index in [1.165, 1.54) is 12.8 Å². The third-order valence-corrected chi connectivity index (χ3v) is 3.13. The highest BCUT2D eigenvalue weighted by Gasteiger charge is 2.27. The summed E-state index contributed by atoms with van der Waals surface area (Å²) in [5.41, 5.74) is 0.975. The predicted molar refractivity (Wildman–Crippen MR) is 71.2 cm³/mol. The van der Waals surface area contributed by atoms with Crippen molar-refractivity contribution in [3.05, 3.63) is 35.9 Å². The van der Waals surface area contributed by atoms with Crippen molar-refractivity contribution in [2.75, 3.05) is 13.1 Å². The van der Waals surface area contributed by atoms with Gasteiger partial charge in [0.25, 0.3) is 0 Å². The van der Waals surface area contributed by atoms with E-state index in [0.29, 0.717) is 18.9 Å². The second kappa shape index (κ2) is 6.79. The molecule has 2 rings (SSSR count). The summed E-state index contributed by atoms with van der Waals surface area (Å²) >= 11 is 0. The number of hydrogen-bond donors (Lipinski definition) is 0. The molecule has 1 aliphatic carbocycles. The van der Waals surface area contributed by atoms with Crippen LogP contribution in [0.2, 0.25) is 0 Å². The maximum Gasteiger partial charge on any atom is 0.410 e. The highest BCUT2D eigenvalue weighted by atomic mass is 16.6. The van der Waals surface area contributed by atoms with Crippen LogP contribution in [0.3, 0.4) is 0 Å². The van der Waals surface area contributed by atoms with E-state index in [-0.39, 0.29) is 12.7 Å². The zero-order valence-electron chi connectivity index (χ0n) is 10.9. The third kappa shape index (κ3) is 4.63.